The Morgan fingerprint density at radius 1 is 1.19 bits per heavy atom. The van der Waals surface area contributed by atoms with Gasteiger partial charge in [-0.05, 0) is 23.1 Å². The van der Waals surface area contributed by atoms with Gasteiger partial charge in [0.15, 0.2) is 5.82 Å². The number of hydrogen-bond donors (Lipinski definition) is 1. The number of thiophene rings is 1. The van der Waals surface area contributed by atoms with E-state index in [1.807, 2.05) is 45.6 Å². The van der Waals surface area contributed by atoms with Crippen LogP contribution in [-0.2, 0) is 17.6 Å². The molecule has 4 aromatic rings. The summed E-state index contributed by atoms with van der Waals surface area (Å²) in [4.78, 5) is 18.6. The summed E-state index contributed by atoms with van der Waals surface area (Å²) in [5.74, 6) is 0.707. The second-order valence-electron chi connectivity index (χ2n) is 5.70. The molecule has 1 amide bonds. The molecular formula is C18H15ClN4OS2. The van der Waals surface area contributed by atoms with Crippen molar-refractivity contribution in [3.63, 3.8) is 0 Å². The highest BCUT2D eigenvalue weighted by Crippen LogP contribution is 2.24. The Morgan fingerprint density at radius 2 is 2.08 bits per heavy atom. The fourth-order valence-corrected chi connectivity index (χ4v) is 4.33. The number of carbonyl (C=O) groups excluding carboxylic acids is 1. The zero-order valence-electron chi connectivity index (χ0n) is 13.7. The van der Waals surface area contributed by atoms with Crippen molar-refractivity contribution in [1.29, 1.82) is 0 Å². The predicted octanol–water partition coefficient (Wildman–Crippen LogP) is 4.07. The van der Waals surface area contributed by atoms with E-state index in [4.69, 9.17) is 11.6 Å². The normalized spacial score (nSPS) is 11.1. The maximum Gasteiger partial charge on any atom is 0.224 e. The van der Waals surface area contributed by atoms with Crippen LogP contribution in [0.25, 0.3) is 15.7 Å². The summed E-state index contributed by atoms with van der Waals surface area (Å²) in [5, 5.41) is 12.2. The number of halogens is 1. The van der Waals surface area contributed by atoms with Crippen molar-refractivity contribution in [3.05, 3.63) is 63.4 Å². The third-order valence-corrected chi connectivity index (χ3v) is 6.00. The van der Waals surface area contributed by atoms with Gasteiger partial charge in [-0.1, -0.05) is 35.9 Å². The van der Waals surface area contributed by atoms with Crippen molar-refractivity contribution in [2.24, 2.45) is 0 Å². The Hall–Kier alpha value is -2.22. The molecule has 0 unspecified atom stereocenters. The molecule has 0 aliphatic rings. The largest absolute Gasteiger partial charge is 0.355 e. The van der Waals surface area contributed by atoms with Crippen molar-refractivity contribution in [2.45, 2.75) is 12.8 Å². The topological polar surface area (TPSA) is 59.3 Å². The summed E-state index contributed by atoms with van der Waals surface area (Å²) in [7, 11) is 0. The number of hydrogen-bond acceptors (Lipinski definition) is 5. The summed E-state index contributed by atoms with van der Waals surface area (Å²) >= 11 is 9.28. The van der Waals surface area contributed by atoms with Gasteiger partial charge in [-0.2, -0.15) is 4.98 Å². The van der Waals surface area contributed by atoms with Crippen molar-refractivity contribution in [2.75, 3.05) is 6.54 Å². The Labute approximate surface area is 163 Å². The summed E-state index contributed by atoms with van der Waals surface area (Å²) in [5.41, 5.74) is 1.87. The molecule has 0 spiro atoms. The maximum atomic E-state index is 12.1. The van der Waals surface area contributed by atoms with Crippen LogP contribution in [0.4, 0.5) is 0 Å². The number of amides is 1. The Bertz CT molecular complexity index is 1040. The van der Waals surface area contributed by atoms with Crippen molar-refractivity contribution < 1.29 is 4.79 Å². The molecule has 1 aromatic carbocycles. The molecule has 0 bridgehead atoms. The van der Waals surface area contributed by atoms with Gasteiger partial charge in [-0.15, -0.1) is 27.8 Å². The van der Waals surface area contributed by atoms with Gasteiger partial charge in [-0.3, -0.25) is 4.79 Å². The number of thiazole rings is 1. The molecule has 5 nitrogen and oxygen atoms in total. The second-order valence-corrected chi connectivity index (χ2v) is 7.89. The minimum atomic E-state index is -0.0394. The fourth-order valence-electron chi connectivity index (χ4n) is 2.61. The van der Waals surface area contributed by atoms with Crippen LogP contribution in [-0.4, -0.2) is 27.0 Å². The molecule has 8 heteroatoms. The molecule has 3 heterocycles. The average Bonchev–Trinajstić information content (AvgIpc) is 3.34. The highest BCUT2D eigenvalue weighted by atomic mass is 35.5. The Morgan fingerprint density at radius 3 is 2.88 bits per heavy atom. The molecular weight excluding hydrogens is 388 g/mol. The Balaban J connectivity index is 1.37. The van der Waals surface area contributed by atoms with Gasteiger partial charge in [0.1, 0.15) is 0 Å². The summed E-state index contributed by atoms with van der Waals surface area (Å²) in [6.45, 7) is 0.545. The first-order valence-corrected chi connectivity index (χ1v) is 10.2. The molecule has 1 N–H and O–H groups in total. The van der Waals surface area contributed by atoms with Crippen molar-refractivity contribution >= 4 is 45.1 Å². The number of carbonyl (C=O) groups is 1. The van der Waals surface area contributed by atoms with E-state index < -0.39 is 0 Å². The molecule has 0 atom stereocenters. The number of fused-ring (bicyclic) bond motifs is 1. The van der Waals surface area contributed by atoms with Crippen LogP contribution in [0.5, 0.6) is 0 Å². The molecule has 132 valence electrons. The fraction of sp³-hybridized carbons (Fsp3) is 0.167. The van der Waals surface area contributed by atoms with Crippen LogP contribution >= 0.6 is 34.3 Å². The van der Waals surface area contributed by atoms with Crippen molar-refractivity contribution in [1.82, 2.24) is 19.9 Å². The minimum Gasteiger partial charge on any atom is -0.355 e. The number of rotatable bonds is 6. The third kappa shape index (κ3) is 3.65. The summed E-state index contributed by atoms with van der Waals surface area (Å²) in [6.07, 6.45) is 0.978. The third-order valence-electron chi connectivity index (χ3n) is 3.90. The zero-order chi connectivity index (χ0) is 17.9. The molecule has 4 rings (SSSR count). The van der Waals surface area contributed by atoms with Crippen LogP contribution in [0.2, 0.25) is 5.02 Å². The lowest BCUT2D eigenvalue weighted by atomic mass is 10.1. The maximum absolute atomic E-state index is 12.1. The lowest BCUT2D eigenvalue weighted by Gasteiger charge is -2.06. The van der Waals surface area contributed by atoms with E-state index in [2.05, 4.69) is 15.4 Å². The van der Waals surface area contributed by atoms with Gasteiger partial charge in [0, 0.05) is 23.4 Å². The van der Waals surface area contributed by atoms with Crippen molar-refractivity contribution in [3.8, 4) is 10.7 Å². The van der Waals surface area contributed by atoms with Crippen LogP contribution in [0, 0.1) is 0 Å². The molecule has 3 aromatic heterocycles. The van der Waals surface area contributed by atoms with E-state index in [1.165, 1.54) is 0 Å². The Kier molecular flexibility index (Phi) is 5.01. The van der Waals surface area contributed by atoms with Crippen LogP contribution in [0.15, 0.2) is 47.2 Å². The smallest absolute Gasteiger partial charge is 0.224 e. The predicted molar refractivity (Wildman–Crippen MR) is 106 cm³/mol. The number of nitrogens with one attached hydrogen (secondary N) is 1. The van der Waals surface area contributed by atoms with Gasteiger partial charge in [-0.25, -0.2) is 4.52 Å². The second kappa shape index (κ2) is 7.57. The lowest BCUT2D eigenvalue weighted by Crippen LogP contribution is -2.27. The lowest BCUT2D eigenvalue weighted by molar-refractivity contribution is -0.120. The van der Waals surface area contributed by atoms with E-state index in [9.17, 15) is 4.79 Å². The van der Waals surface area contributed by atoms with E-state index in [1.54, 1.807) is 28.7 Å². The summed E-state index contributed by atoms with van der Waals surface area (Å²) in [6, 6.07) is 11.4. The van der Waals surface area contributed by atoms with Gasteiger partial charge < -0.3 is 5.32 Å². The number of benzene rings is 1. The van der Waals surface area contributed by atoms with E-state index >= 15 is 0 Å². The summed E-state index contributed by atoms with van der Waals surface area (Å²) < 4.78 is 1.86. The molecule has 0 fully saturated rings. The molecule has 0 saturated heterocycles. The van der Waals surface area contributed by atoms with Gasteiger partial charge in [0.05, 0.1) is 17.0 Å². The quantitative estimate of drug-likeness (QED) is 0.528. The van der Waals surface area contributed by atoms with Gasteiger partial charge in [0.2, 0.25) is 10.9 Å². The standard InChI is InChI=1S/C18H15ClN4OS2/c19-14-5-2-1-4-12(14)10-16(24)20-8-7-13-11-26-18-21-17(22-23(13)18)15-6-3-9-25-15/h1-6,9,11H,7-8,10H2,(H,20,24). The highest BCUT2D eigenvalue weighted by Gasteiger charge is 2.12. The van der Waals surface area contributed by atoms with E-state index in [-0.39, 0.29) is 12.3 Å². The number of aromatic nitrogens is 3. The first kappa shape index (κ1) is 17.2. The van der Waals surface area contributed by atoms with E-state index in [0.717, 1.165) is 26.9 Å². The van der Waals surface area contributed by atoms with Crippen LogP contribution in [0.3, 0.4) is 0 Å². The van der Waals surface area contributed by atoms with Gasteiger partial charge in [0.25, 0.3) is 0 Å². The molecule has 0 saturated carbocycles. The first-order chi connectivity index (χ1) is 12.7. The molecule has 0 aliphatic carbocycles. The zero-order valence-corrected chi connectivity index (χ0v) is 16.1. The minimum absolute atomic E-state index is 0.0394. The average molecular weight is 403 g/mol. The molecule has 0 radical (unpaired) electrons. The van der Waals surface area contributed by atoms with Crippen LogP contribution < -0.4 is 5.32 Å². The molecule has 26 heavy (non-hydrogen) atoms. The highest BCUT2D eigenvalue weighted by molar-refractivity contribution is 7.15. The van der Waals surface area contributed by atoms with Gasteiger partial charge >= 0.3 is 0 Å². The monoisotopic (exact) mass is 402 g/mol. The number of nitrogens with zero attached hydrogens (tertiary/aromatic N) is 3. The van der Waals surface area contributed by atoms with E-state index in [0.29, 0.717) is 18.0 Å². The SMILES string of the molecule is O=C(Cc1ccccc1Cl)NCCc1csc2nc(-c3cccs3)nn12. The molecule has 0 aliphatic heterocycles. The van der Waals surface area contributed by atoms with Crippen LogP contribution in [0.1, 0.15) is 11.3 Å². The first-order valence-electron chi connectivity index (χ1n) is 8.08.